The van der Waals surface area contributed by atoms with E-state index in [1.165, 1.54) is 0 Å². The second-order valence-corrected chi connectivity index (χ2v) is 4.24. The summed E-state index contributed by atoms with van der Waals surface area (Å²) < 4.78 is 0. The van der Waals surface area contributed by atoms with Crippen molar-refractivity contribution in [2.24, 2.45) is 17.8 Å². The highest BCUT2D eigenvalue weighted by Crippen LogP contribution is 2.44. The van der Waals surface area contributed by atoms with Crippen molar-refractivity contribution in [3.05, 3.63) is 35.5 Å². The van der Waals surface area contributed by atoms with Crippen LogP contribution in [0.3, 0.4) is 0 Å². The molecule has 1 fully saturated rings. The van der Waals surface area contributed by atoms with Gasteiger partial charge in [-0.25, -0.2) is 0 Å². The van der Waals surface area contributed by atoms with Gasteiger partial charge < -0.3 is 0 Å². The van der Waals surface area contributed by atoms with E-state index in [2.05, 4.69) is 0 Å². The van der Waals surface area contributed by atoms with Gasteiger partial charge in [-0.3, -0.25) is 4.79 Å². The van der Waals surface area contributed by atoms with Crippen LogP contribution in [-0.4, -0.2) is 5.78 Å². The molecule has 0 aromatic rings. The van der Waals surface area contributed by atoms with Crippen molar-refractivity contribution in [1.82, 2.24) is 0 Å². The van der Waals surface area contributed by atoms with E-state index in [1.807, 2.05) is 43.4 Å². The average Bonchev–Trinajstić information content (AvgIpc) is 2.65. The van der Waals surface area contributed by atoms with Crippen LogP contribution in [0.25, 0.3) is 0 Å². The van der Waals surface area contributed by atoms with Gasteiger partial charge in [-0.15, -0.1) is 0 Å². The molecule has 0 radical (unpaired) electrons. The van der Waals surface area contributed by atoms with E-state index in [-0.39, 0.29) is 29.1 Å². The van der Waals surface area contributed by atoms with Crippen LogP contribution >= 0.6 is 0 Å². The standard InChI is InChI=1S/C14H12N2O/c1-2-10-13(9(7-15)8-16)11-5-3-4-6-12(11)14(10)17/h3-6,10-12H,2H2,1H3. The fourth-order valence-corrected chi connectivity index (χ4v) is 2.71. The van der Waals surface area contributed by atoms with Gasteiger partial charge >= 0.3 is 0 Å². The summed E-state index contributed by atoms with van der Waals surface area (Å²) in [6.45, 7) is 1.92. The Morgan fingerprint density at radius 2 is 1.82 bits per heavy atom. The Morgan fingerprint density at radius 3 is 2.35 bits per heavy atom. The van der Waals surface area contributed by atoms with Gasteiger partial charge in [-0.2, -0.15) is 10.5 Å². The van der Waals surface area contributed by atoms with Gasteiger partial charge in [-0.1, -0.05) is 31.2 Å². The maximum absolute atomic E-state index is 12.2. The summed E-state index contributed by atoms with van der Waals surface area (Å²) in [5, 5.41) is 18.0. The van der Waals surface area contributed by atoms with E-state index in [0.717, 1.165) is 0 Å². The maximum atomic E-state index is 12.2. The van der Waals surface area contributed by atoms with Gasteiger partial charge in [0.05, 0.1) is 0 Å². The van der Waals surface area contributed by atoms with E-state index in [9.17, 15) is 4.79 Å². The number of Topliss-reactive ketones (excluding diaryl/α,β-unsaturated/α-hetero) is 1. The summed E-state index contributed by atoms with van der Waals surface area (Å²) in [5.41, 5.74) is 0.825. The number of nitrogens with zero attached hydrogens (tertiary/aromatic N) is 2. The molecule has 0 saturated heterocycles. The molecule has 2 aliphatic rings. The second-order valence-electron chi connectivity index (χ2n) is 4.24. The zero-order valence-corrected chi connectivity index (χ0v) is 9.55. The van der Waals surface area contributed by atoms with Gasteiger partial charge in [0.25, 0.3) is 0 Å². The van der Waals surface area contributed by atoms with Crippen molar-refractivity contribution in [2.75, 3.05) is 0 Å². The number of rotatable bonds is 1. The summed E-state index contributed by atoms with van der Waals surface area (Å²) in [6, 6.07) is 3.84. The van der Waals surface area contributed by atoms with Crippen molar-refractivity contribution < 1.29 is 4.79 Å². The lowest BCUT2D eigenvalue weighted by Crippen LogP contribution is -2.14. The quantitative estimate of drug-likeness (QED) is 0.642. The first-order valence-electron chi connectivity index (χ1n) is 5.67. The molecule has 0 bridgehead atoms. The SMILES string of the molecule is CCC1C(=O)C2C=CC=CC2C1=C(C#N)C#N. The van der Waals surface area contributed by atoms with Crippen LogP contribution in [0.4, 0.5) is 0 Å². The number of hydrogen-bond donors (Lipinski definition) is 0. The monoisotopic (exact) mass is 224 g/mol. The number of ketones is 1. The minimum Gasteiger partial charge on any atom is -0.298 e. The first kappa shape index (κ1) is 11.4. The predicted molar refractivity (Wildman–Crippen MR) is 62.3 cm³/mol. The molecule has 1 saturated carbocycles. The molecule has 3 unspecified atom stereocenters. The Balaban J connectivity index is 2.58. The first-order chi connectivity index (χ1) is 8.24. The highest BCUT2D eigenvalue weighted by Gasteiger charge is 2.44. The van der Waals surface area contributed by atoms with Gasteiger partial charge in [-0.05, 0) is 12.0 Å². The number of carbonyl (C=O) groups is 1. The van der Waals surface area contributed by atoms with E-state index in [4.69, 9.17) is 10.5 Å². The van der Waals surface area contributed by atoms with E-state index in [0.29, 0.717) is 12.0 Å². The number of fused-ring (bicyclic) bond motifs is 1. The molecule has 0 N–H and O–H groups in total. The summed E-state index contributed by atoms with van der Waals surface area (Å²) in [5.74, 6) is -0.411. The predicted octanol–water partition coefficient (Wildman–Crippen LogP) is 2.30. The highest BCUT2D eigenvalue weighted by molar-refractivity contribution is 5.93. The molecule has 3 nitrogen and oxygen atoms in total. The molecule has 3 heteroatoms. The first-order valence-corrected chi connectivity index (χ1v) is 5.67. The van der Waals surface area contributed by atoms with Gasteiger partial charge in [0, 0.05) is 17.8 Å². The lowest BCUT2D eigenvalue weighted by molar-refractivity contribution is -0.122. The van der Waals surface area contributed by atoms with Crippen molar-refractivity contribution >= 4 is 5.78 Å². The highest BCUT2D eigenvalue weighted by atomic mass is 16.1. The van der Waals surface area contributed by atoms with Crippen LogP contribution < -0.4 is 0 Å². The minimum absolute atomic E-state index is 0.0910. The van der Waals surface area contributed by atoms with Crippen LogP contribution in [0.2, 0.25) is 0 Å². The Kier molecular flexibility index (Phi) is 2.93. The van der Waals surface area contributed by atoms with Crippen molar-refractivity contribution in [2.45, 2.75) is 13.3 Å². The zero-order valence-electron chi connectivity index (χ0n) is 9.55. The molecule has 17 heavy (non-hydrogen) atoms. The molecular formula is C14H12N2O. The molecule has 0 aliphatic heterocycles. The van der Waals surface area contributed by atoms with Crippen molar-refractivity contribution in [3.63, 3.8) is 0 Å². The number of nitriles is 2. The molecule has 3 atom stereocenters. The topological polar surface area (TPSA) is 64.7 Å². The summed E-state index contributed by atoms with van der Waals surface area (Å²) >= 11 is 0. The second kappa shape index (κ2) is 4.39. The fourth-order valence-electron chi connectivity index (χ4n) is 2.71. The van der Waals surface area contributed by atoms with E-state index >= 15 is 0 Å². The molecule has 84 valence electrons. The third kappa shape index (κ3) is 1.61. The lowest BCUT2D eigenvalue weighted by Gasteiger charge is -2.15. The average molecular weight is 224 g/mol. The maximum Gasteiger partial charge on any atom is 0.147 e. The molecule has 2 rings (SSSR count). The summed E-state index contributed by atoms with van der Waals surface area (Å²) in [6.07, 6.45) is 8.17. The Hall–Kier alpha value is -2.13. The van der Waals surface area contributed by atoms with Crippen LogP contribution in [0.1, 0.15) is 13.3 Å². The molecule has 0 aromatic heterocycles. The van der Waals surface area contributed by atoms with Gasteiger partial charge in [0.2, 0.25) is 0 Å². The molecule has 0 amide bonds. The largest absolute Gasteiger partial charge is 0.298 e. The summed E-state index contributed by atoms with van der Waals surface area (Å²) in [7, 11) is 0. The lowest BCUT2D eigenvalue weighted by atomic mass is 9.86. The molecule has 0 spiro atoms. The van der Waals surface area contributed by atoms with Crippen LogP contribution in [0, 0.1) is 40.4 Å². The molecular weight excluding hydrogens is 212 g/mol. The third-order valence-electron chi connectivity index (χ3n) is 3.46. The normalized spacial score (nSPS) is 29.7. The van der Waals surface area contributed by atoms with Gasteiger partial charge in [0.1, 0.15) is 23.5 Å². The number of hydrogen-bond acceptors (Lipinski definition) is 3. The van der Waals surface area contributed by atoms with Crippen LogP contribution in [0.5, 0.6) is 0 Å². The smallest absolute Gasteiger partial charge is 0.147 e. The van der Waals surface area contributed by atoms with E-state index < -0.39 is 0 Å². The van der Waals surface area contributed by atoms with Crippen LogP contribution in [0.15, 0.2) is 35.5 Å². The van der Waals surface area contributed by atoms with Crippen molar-refractivity contribution in [1.29, 1.82) is 10.5 Å². The third-order valence-corrected chi connectivity index (χ3v) is 3.46. The summed E-state index contributed by atoms with van der Waals surface area (Å²) in [4.78, 5) is 12.2. The Labute approximate surface area is 100 Å². The van der Waals surface area contributed by atoms with Crippen molar-refractivity contribution in [3.8, 4) is 12.1 Å². The fraction of sp³-hybridized carbons (Fsp3) is 0.357. The molecule has 0 heterocycles. The minimum atomic E-state index is -0.272. The Bertz CT molecular complexity index is 509. The number of allylic oxidation sites excluding steroid dienone is 6. The van der Waals surface area contributed by atoms with Gasteiger partial charge in [0.15, 0.2) is 0 Å². The number of carbonyl (C=O) groups excluding carboxylic acids is 1. The molecule has 0 aromatic carbocycles. The Morgan fingerprint density at radius 1 is 1.24 bits per heavy atom. The van der Waals surface area contributed by atoms with E-state index in [1.54, 1.807) is 0 Å². The zero-order chi connectivity index (χ0) is 12.4. The van der Waals surface area contributed by atoms with Crippen LogP contribution in [-0.2, 0) is 4.79 Å². The molecule has 2 aliphatic carbocycles.